The lowest BCUT2D eigenvalue weighted by Gasteiger charge is -3.19. The summed E-state index contributed by atoms with van der Waals surface area (Å²) in [4.78, 5) is 0. The van der Waals surface area contributed by atoms with E-state index in [-0.39, 0.29) is 0 Å². The number of fused-ring (bicyclic) bond motifs is 2. The fraction of sp³-hybridized carbons (Fsp3) is 1.00. The summed E-state index contributed by atoms with van der Waals surface area (Å²) in [6, 6.07) is 0. The van der Waals surface area contributed by atoms with E-state index in [1.54, 1.807) is 6.42 Å². The zero-order chi connectivity index (χ0) is 13.6. The molecular weight excluding hydrogens is 228 g/mol. The third-order valence-corrected chi connectivity index (χ3v) is 12.3. The van der Waals surface area contributed by atoms with E-state index in [0.717, 1.165) is 40.4 Å². The first kappa shape index (κ1) is 10.7. The standard InChI is InChI=1S/C19H28/c1-9-11-8-12-13-10(2)15(5)14(3,4)17(7)16(9,6)18(11,12)19(13,15)17/h9-13H,8H2,1-7H3/t9-,10+,11+,12-,13+,15-,16?,17?,18+,19+/m1/s1. The van der Waals surface area contributed by atoms with E-state index >= 15 is 0 Å². The van der Waals surface area contributed by atoms with Crippen LogP contribution in [0.3, 0.4) is 0 Å². The van der Waals surface area contributed by atoms with Crippen LogP contribution < -0.4 is 0 Å². The summed E-state index contributed by atoms with van der Waals surface area (Å²) in [5.74, 6) is 5.38. The molecule has 0 aromatic heterocycles. The molecule has 6 fully saturated rings. The third-order valence-electron chi connectivity index (χ3n) is 12.3. The van der Waals surface area contributed by atoms with Crippen LogP contribution in [0, 0.1) is 62.1 Å². The molecule has 2 spiro atoms. The molecule has 104 valence electrons. The SMILES string of the molecule is C[C@@H]1[C@@H]2C[C@@H]3[C@@H]4[C@H](C)[C@]5(C)C(C)(C)C6(C)C1(C)[C@@]32[C@]465. The first-order valence-corrected chi connectivity index (χ1v) is 8.66. The van der Waals surface area contributed by atoms with Crippen molar-refractivity contribution < 1.29 is 0 Å². The van der Waals surface area contributed by atoms with E-state index in [1.165, 1.54) is 0 Å². The Morgan fingerprint density at radius 2 is 1.42 bits per heavy atom. The first-order valence-electron chi connectivity index (χ1n) is 8.66. The van der Waals surface area contributed by atoms with Gasteiger partial charge in [-0.3, -0.25) is 0 Å². The van der Waals surface area contributed by atoms with Gasteiger partial charge in [0, 0.05) is 0 Å². The Kier molecular flexibility index (Phi) is 1.08. The summed E-state index contributed by atoms with van der Waals surface area (Å²) in [7, 11) is 0. The molecule has 0 N–H and O–H groups in total. The van der Waals surface area contributed by atoms with E-state index in [2.05, 4.69) is 48.5 Å². The summed E-state index contributed by atoms with van der Waals surface area (Å²) in [5, 5.41) is 0. The van der Waals surface area contributed by atoms with E-state index in [4.69, 9.17) is 0 Å². The monoisotopic (exact) mass is 256 g/mol. The van der Waals surface area contributed by atoms with Crippen molar-refractivity contribution in [1.29, 1.82) is 0 Å². The maximum Gasteiger partial charge on any atom is -0.00696 e. The molecule has 0 saturated heterocycles. The molecule has 0 heterocycles. The van der Waals surface area contributed by atoms with Gasteiger partial charge in [0.1, 0.15) is 0 Å². The Morgan fingerprint density at radius 3 is 2.05 bits per heavy atom. The van der Waals surface area contributed by atoms with Crippen LogP contribution in [0.4, 0.5) is 0 Å². The Bertz CT molecular complexity index is 589. The minimum absolute atomic E-state index is 0.551. The van der Waals surface area contributed by atoms with Crippen molar-refractivity contribution in [3.8, 4) is 0 Å². The molecule has 0 amide bonds. The largest absolute Gasteiger partial charge is 0.0617 e. The van der Waals surface area contributed by atoms with Crippen molar-refractivity contribution in [3.63, 3.8) is 0 Å². The predicted molar refractivity (Wildman–Crippen MR) is 76.4 cm³/mol. The lowest BCUT2D eigenvalue weighted by Crippen LogP contribution is -3.16. The van der Waals surface area contributed by atoms with Crippen LogP contribution in [-0.4, -0.2) is 0 Å². The molecule has 6 saturated carbocycles. The summed E-state index contributed by atoms with van der Waals surface area (Å²) >= 11 is 0. The molecule has 0 aromatic rings. The molecule has 6 aliphatic carbocycles. The molecule has 10 atom stereocenters. The van der Waals surface area contributed by atoms with Crippen molar-refractivity contribution in [1.82, 2.24) is 0 Å². The Labute approximate surface area is 117 Å². The van der Waals surface area contributed by atoms with Crippen LogP contribution in [0.1, 0.15) is 54.9 Å². The Hall–Kier alpha value is 0. The van der Waals surface area contributed by atoms with Gasteiger partial charge in [-0.1, -0.05) is 48.5 Å². The fourth-order valence-electron chi connectivity index (χ4n) is 12.0. The summed E-state index contributed by atoms with van der Waals surface area (Å²) in [6.45, 7) is 18.5. The maximum absolute atomic E-state index is 2.71. The van der Waals surface area contributed by atoms with Crippen molar-refractivity contribution >= 4 is 0 Å². The zero-order valence-corrected chi connectivity index (χ0v) is 13.6. The Morgan fingerprint density at radius 1 is 0.789 bits per heavy atom. The number of rotatable bonds is 0. The highest BCUT2D eigenvalue weighted by Gasteiger charge is 3.17. The fourth-order valence-corrected chi connectivity index (χ4v) is 12.0. The average molecular weight is 256 g/mol. The smallest absolute Gasteiger partial charge is 0.00696 e. The highest BCUT2D eigenvalue weighted by molar-refractivity contribution is 5.62. The van der Waals surface area contributed by atoms with Gasteiger partial charge in [0.05, 0.1) is 0 Å². The van der Waals surface area contributed by atoms with Crippen molar-refractivity contribution in [2.24, 2.45) is 62.1 Å². The number of hydrogen-bond acceptors (Lipinski definition) is 0. The lowest BCUT2D eigenvalue weighted by molar-refractivity contribution is -0.735. The normalized spacial score (nSPS) is 86.4. The second-order valence-corrected chi connectivity index (χ2v) is 10.4. The van der Waals surface area contributed by atoms with Crippen LogP contribution in [0.25, 0.3) is 0 Å². The van der Waals surface area contributed by atoms with E-state index in [0.29, 0.717) is 21.7 Å². The van der Waals surface area contributed by atoms with Gasteiger partial charge in [-0.25, -0.2) is 0 Å². The minimum atomic E-state index is 0.551. The topological polar surface area (TPSA) is 0 Å². The average Bonchev–Trinajstić information content (AvgIpc) is 2.34. The van der Waals surface area contributed by atoms with Gasteiger partial charge in [-0.05, 0) is 68.5 Å². The minimum Gasteiger partial charge on any atom is -0.0617 e. The second-order valence-electron chi connectivity index (χ2n) is 10.4. The van der Waals surface area contributed by atoms with Crippen LogP contribution >= 0.6 is 0 Å². The van der Waals surface area contributed by atoms with Crippen molar-refractivity contribution in [2.45, 2.75) is 54.9 Å². The molecule has 19 heavy (non-hydrogen) atoms. The molecule has 6 aliphatic rings. The molecule has 0 radical (unpaired) electrons. The van der Waals surface area contributed by atoms with E-state index in [9.17, 15) is 0 Å². The van der Waals surface area contributed by atoms with Crippen LogP contribution in [0.2, 0.25) is 0 Å². The van der Waals surface area contributed by atoms with Gasteiger partial charge in [-0.2, -0.15) is 0 Å². The van der Waals surface area contributed by atoms with Gasteiger partial charge in [-0.15, -0.1) is 0 Å². The Balaban J connectivity index is 1.68. The van der Waals surface area contributed by atoms with Crippen molar-refractivity contribution in [3.05, 3.63) is 0 Å². The van der Waals surface area contributed by atoms with Gasteiger partial charge in [0.2, 0.25) is 0 Å². The van der Waals surface area contributed by atoms with Crippen LogP contribution in [0.15, 0.2) is 0 Å². The molecule has 0 heteroatoms. The van der Waals surface area contributed by atoms with Crippen molar-refractivity contribution in [2.75, 3.05) is 0 Å². The molecule has 6 rings (SSSR count). The van der Waals surface area contributed by atoms with Crippen LogP contribution in [0.5, 0.6) is 0 Å². The van der Waals surface area contributed by atoms with Crippen LogP contribution in [-0.2, 0) is 0 Å². The van der Waals surface area contributed by atoms with Gasteiger partial charge in [0.25, 0.3) is 0 Å². The highest BCUT2D eigenvalue weighted by Crippen LogP contribution is 3.20. The molecule has 0 aromatic carbocycles. The third kappa shape index (κ3) is 0.388. The van der Waals surface area contributed by atoms with Gasteiger partial charge in [0.15, 0.2) is 0 Å². The van der Waals surface area contributed by atoms with Gasteiger partial charge >= 0.3 is 0 Å². The molecular formula is C19H28. The number of hydrogen-bond donors (Lipinski definition) is 0. The quantitative estimate of drug-likeness (QED) is 0.594. The van der Waals surface area contributed by atoms with E-state index < -0.39 is 0 Å². The van der Waals surface area contributed by atoms with E-state index in [1.807, 2.05) is 0 Å². The lowest BCUT2D eigenvalue weighted by atomic mass is 8.84. The zero-order valence-electron chi connectivity index (χ0n) is 13.6. The molecule has 0 bridgehead atoms. The highest BCUT2D eigenvalue weighted by atomic mass is 15.2. The molecule has 2 unspecified atom stereocenters. The molecule has 0 aliphatic heterocycles. The second kappa shape index (κ2) is 1.92. The first-order chi connectivity index (χ1) is 8.66. The summed E-state index contributed by atoms with van der Waals surface area (Å²) in [6.07, 6.45) is 1.60. The summed E-state index contributed by atoms with van der Waals surface area (Å²) < 4.78 is 0. The maximum atomic E-state index is 2.71. The van der Waals surface area contributed by atoms with Gasteiger partial charge < -0.3 is 0 Å². The summed E-state index contributed by atoms with van der Waals surface area (Å²) in [5.41, 5.74) is 4.18. The predicted octanol–water partition coefficient (Wildman–Crippen LogP) is 4.60. The molecule has 0 nitrogen and oxygen atoms in total.